The van der Waals surface area contributed by atoms with Crippen LogP contribution in [0, 0.1) is 0 Å². The molecule has 0 radical (unpaired) electrons. The first-order chi connectivity index (χ1) is 7.05. The molecule has 0 N–H and O–H groups in total. The maximum Gasteiger partial charge on any atom is 0.203 e. The fraction of sp³-hybridized carbons (Fsp3) is 0.100. The Morgan fingerprint density at radius 2 is 2.07 bits per heavy atom. The van der Waals surface area contributed by atoms with Gasteiger partial charge in [-0.3, -0.25) is 0 Å². The van der Waals surface area contributed by atoms with E-state index in [2.05, 4.69) is 0 Å². The van der Waals surface area contributed by atoms with Crippen molar-refractivity contribution in [2.75, 3.05) is 0 Å². The lowest BCUT2D eigenvalue weighted by Crippen LogP contribution is -2.00. The summed E-state index contributed by atoms with van der Waals surface area (Å²) in [6.07, 6.45) is 1.98. The van der Waals surface area contributed by atoms with Gasteiger partial charge in [-0.15, -0.1) is 0 Å². The molecule has 0 amide bonds. The molecule has 0 unspecified atom stereocenters. The number of halogens is 1. The topological polar surface area (TPSA) is 51.2 Å². The van der Waals surface area contributed by atoms with Crippen LogP contribution < -0.4 is 0 Å². The molecular formula is C10H7ClO3S. The number of fused-ring (bicyclic) bond motifs is 1. The van der Waals surface area contributed by atoms with Crippen LogP contribution in [0.25, 0.3) is 6.08 Å². The Morgan fingerprint density at radius 1 is 1.33 bits per heavy atom. The Kier molecular flexibility index (Phi) is 2.40. The third-order valence-electron chi connectivity index (χ3n) is 2.21. The number of carbonyl (C=O) groups excluding carboxylic acids is 1. The summed E-state index contributed by atoms with van der Waals surface area (Å²) in [5, 5.41) is 0.479. The Hall–Kier alpha value is -1.13. The summed E-state index contributed by atoms with van der Waals surface area (Å²) in [6, 6.07) is 4.56. The van der Waals surface area contributed by atoms with Crippen molar-refractivity contribution in [3.05, 3.63) is 33.7 Å². The Labute approximate surface area is 92.3 Å². The smallest absolute Gasteiger partial charge is 0.203 e. The summed E-state index contributed by atoms with van der Waals surface area (Å²) < 4.78 is 23.6. The van der Waals surface area contributed by atoms with Crippen LogP contribution in [-0.2, 0) is 14.6 Å². The zero-order valence-corrected chi connectivity index (χ0v) is 9.18. The molecule has 0 atom stereocenters. The van der Waals surface area contributed by atoms with Gasteiger partial charge in [-0.1, -0.05) is 11.6 Å². The molecule has 1 aliphatic rings. The van der Waals surface area contributed by atoms with Gasteiger partial charge in [0.25, 0.3) is 0 Å². The Bertz CT molecular complexity index is 558. The first-order valence-electron chi connectivity index (χ1n) is 4.24. The van der Waals surface area contributed by atoms with Gasteiger partial charge in [-0.05, 0) is 29.8 Å². The van der Waals surface area contributed by atoms with Crippen molar-refractivity contribution in [2.24, 2.45) is 0 Å². The van der Waals surface area contributed by atoms with Crippen molar-refractivity contribution >= 4 is 33.8 Å². The molecule has 1 aromatic rings. The van der Waals surface area contributed by atoms with Crippen LogP contribution in [0.4, 0.5) is 0 Å². The number of sulfone groups is 1. The van der Waals surface area contributed by atoms with Gasteiger partial charge < -0.3 is 4.79 Å². The lowest BCUT2D eigenvalue weighted by molar-refractivity contribution is -0.107. The van der Waals surface area contributed by atoms with E-state index in [1.54, 1.807) is 6.07 Å². The molecule has 0 fully saturated rings. The number of benzene rings is 1. The summed E-state index contributed by atoms with van der Waals surface area (Å²) in [4.78, 5) is 10.7. The molecule has 0 aliphatic carbocycles. The molecule has 2 rings (SSSR count). The predicted octanol–water partition coefficient (Wildman–Crippen LogP) is 2.06. The molecule has 5 heteroatoms. The quantitative estimate of drug-likeness (QED) is 0.746. The second-order valence-electron chi connectivity index (χ2n) is 3.17. The highest BCUT2D eigenvalue weighted by Crippen LogP contribution is 2.35. The minimum absolute atomic E-state index is 0.0887. The molecule has 0 bridgehead atoms. The van der Waals surface area contributed by atoms with E-state index >= 15 is 0 Å². The SMILES string of the molecule is O=CCC1=Cc2cc(Cl)ccc2S1(=O)=O. The standard InChI is InChI=1S/C10H7ClO3S/c11-8-1-2-10-7(5-8)6-9(3-4-12)15(10,13)14/h1-2,4-6H,3H2. The summed E-state index contributed by atoms with van der Waals surface area (Å²) in [5.41, 5.74) is 0.555. The summed E-state index contributed by atoms with van der Waals surface area (Å²) >= 11 is 5.75. The van der Waals surface area contributed by atoms with E-state index in [0.29, 0.717) is 16.9 Å². The lowest BCUT2D eigenvalue weighted by atomic mass is 10.2. The van der Waals surface area contributed by atoms with Gasteiger partial charge in [0.1, 0.15) is 6.29 Å². The lowest BCUT2D eigenvalue weighted by Gasteiger charge is -2.00. The first kappa shape index (κ1) is 10.4. The number of carbonyl (C=O) groups is 1. The van der Waals surface area contributed by atoms with Crippen LogP contribution >= 0.6 is 11.6 Å². The largest absolute Gasteiger partial charge is 0.303 e. The van der Waals surface area contributed by atoms with Gasteiger partial charge in [0, 0.05) is 11.4 Å². The summed E-state index contributed by atoms with van der Waals surface area (Å²) in [6.45, 7) is 0. The van der Waals surface area contributed by atoms with Crippen LogP contribution in [0.5, 0.6) is 0 Å². The van der Waals surface area contributed by atoms with Crippen LogP contribution in [0.1, 0.15) is 12.0 Å². The van der Waals surface area contributed by atoms with Crippen molar-refractivity contribution in [1.29, 1.82) is 0 Å². The minimum atomic E-state index is -3.45. The molecular weight excluding hydrogens is 236 g/mol. The fourth-order valence-corrected chi connectivity index (χ4v) is 3.23. The third-order valence-corrected chi connectivity index (χ3v) is 4.37. The average molecular weight is 243 g/mol. The normalized spacial score (nSPS) is 17.0. The summed E-state index contributed by atoms with van der Waals surface area (Å²) in [7, 11) is -3.45. The van der Waals surface area contributed by atoms with Gasteiger partial charge in [0.2, 0.25) is 9.84 Å². The van der Waals surface area contributed by atoms with Crippen LogP contribution in [0.15, 0.2) is 28.0 Å². The molecule has 1 aromatic carbocycles. The molecule has 15 heavy (non-hydrogen) atoms. The van der Waals surface area contributed by atoms with E-state index in [-0.39, 0.29) is 16.2 Å². The maximum absolute atomic E-state index is 11.8. The van der Waals surface area contributed by atoms with E-state index in [9.17, 15) is 13.2 Å². The van der Waals surface area contributed by atoms with Gasteiger partial charge in [0.05, 0.1) is 9.80 Å². The highest BCUT2D eigenvalue weighted by molar-refractivity contribution is 7.95. The fourth-order valence-electron chi connectivity index (χ4n) is 1.52. The number of rotatable bonds is 2. The highest BCUT2D eigenvalue weighted by atomic mass is 35.5. The number of hydrogen-bond donors (Lipinski definition) is 0. The first-order valence-corrected chi connectivity index (χ1v) is 6.10. The second kappa shape index (κ2) is 3.47. The highest BCUT2D eigenvalue weighted by Gasteiger charge is 2.28. The monoisotopic (exact) mass is 242 g/mol. The van der Waals surface area contributed by atoms with E-state index in [0.717, 1.165) is 0 Å². The number of aldehydes is 1. The van der Waals surface area contributed by atoms with E-state index < -0.39 is 9.84 Å². The molecule has 3 nitrogen and oxygen atoms in total. The zero-order valence-electron chi connectivity index (χ0n) is 7.60. The molecule has 1 heterocycles. The Morgan fingerprint density at radius 3 is 2.73 bits per heavy atom. The maximum atomic E-state index is 11.8. The van der Waals surface area contributed by atoms with Crippen molar-refractivity contribution in [2.45, 2.75) is 11.3 Å². The molecule has 0 saturated heterocycles. The van der Waals surface area contributed by atoms with Crippen LogP contribution in [0.2, 0.25) is 5.02 Å². The van der Waals surface area contributed by atoms with Gasteiger partial charge >= 0.3 is 0 Å². The van der Waals surface area contributed by atoms with Crippen LogP contribution in [-0.4, -0.2) is 14.7 Å². The third kappa shape index (κ3) is 1.60. The van der Waals surface area contributed by atoms with Crippen molar-refractivity contribution < 1.29 is 13.2 Å². The molecule has 0 saturated carbocycles. The Balaban J connectivity index is 2.63. The van der Waals surface area contributed by atoms with E-state index in [1.807, 2.05) is 0 Å². The van der Waals surface area contributed by atoms with Gasteiger partial charge in [-0.25, -0.2) is 8.42 Å². The molecule has 0 spiro atoms. The average Bonchev–Trinajstić information content (AvgIpc) is 2.39. The van der Waals surface area contributed by atoms with Crippen molar-refractivity contribution in [3.63, 3.8) is 0 Å². The number of allylic oxidation sites excluding steroid dienone is 1. The predicted molar refractivity (Wildman–Crippen MR) is 57.3 cm³/mol. The summed E-state index contributed by atoms with van der Waals surface area (Å²) in [5.74, 6) is 0. The van der Waals surface area contributed by atoms with Crippen LogP contribution in [0.3, 0.4) is 0 Å². The molecule has 1 aliphatic heterocycles. The van der Waals surface area contributed by atoms with Gasteiger partial charge in [0.15, 0.2) is 0 Å². The van der Waals surface area contributed by atoms with Crippen molar-refractivity contribution in [3.8, 4) is 0 Å². The van der Waals surface area contributed by atoms with E-state index in [4.69, 9.17) is 11.6 Å². The molecule has 0 aromatic heterocycles. The van der Waals surface area contributed by atoms with Crippen molar-refractivity contribution in [1.82, 2.24) is 0 Å². The van der Waals surface area contributed by atoms with Gasteiger partial charge in [-0.2, -0.15) is 0 Å². The minimum Gasteiger partial charge on any atom is -0.303 e. The molecule has 78 valence electrons. The number of hydrogen-bond acceptors (Lipinski definition) is 3. The van der Waals surface area contributed by atoms with E-state index in [1.165, 1.54) is 18.2 Å². The second-order valence-corrected chi connectivity index (χ2v) is 5.57. The zero-order chi connectivity index (χ0) is 11.1.